The van der Waals surface area contributed by atoms with Crippen molar-refractivity contribution in [1.29, 1.82) is 0 Å². The van der Waals surface area contributed by atoms with Crippen LogP contribution in [-0.2, 0) is 6.54 Å². The standard InChI is InChI=1S/C18H18BrN7O5/c1-10-4-3-5-12(8-10)16(27)20-6-7-21-17(28)18-22-13(24-31-18)9-25-11(2)14(19)15(23-25)26(29)30/h3-5,8H,6-7,9H2,1-2H3,(H,20,27)(H,21,28). The molecule has 2 aromatic heterocycles. The summed E-state index contributed by atoms with van der Waals surface area (Å²) in [5.41, 5.74) is 2.01. The second kappa shape index (κ2) is 9.47. The number of nitrogens with zero attached hydrogens (tertiary/aromatic N) is 5. The van der Waals surface area contributed by atoms with Gasteiger partial charge in [-0.15, -0.1) is 0 Å². The van der Waals surface area contributed by atoms with Crippen LogP contribution < -0.4 is 10.6 Å². The van der Waals surface area contributed by atoms with Crippen LogP contribution in [0.4, 0.5) is 5.82 Å². The topological polar surface area (TPSA) is 158 Å². The Bertz CT molecular complexity index is 1140. The van der Waals surface area contributed by atoms with E-state index in [4.69, 9.17) is 4.52 Å². The molecule has 0 saturated heterocycles. The molecule has 0 bridgehead atoms. The lowest BCUT2D eigenvalue weighted by Crippen LogP contribution is -2.34. The highest BCUT2D eigenvalue weighted by atomic mass is 79.9. The molecule has 2 N–H and O–H groups in total. The van der Waals surface area contributed by atoms with Crippen LogP contribution in [-0.4, -0.2) is 49.7 Å². The molecule has 0 saturated carbocycles. The van der Waals surface area contributed by atoms with Gasteiger partial charge in [-0.25, -0.2) is 0 Å². The summed E-state index contributed by atoms with van der Waals surface area (Å²) in [5.74, 6) is -1.31. The third kappa shape index (κ3) is 5.31. The Kier molecular flexibility index (Phi) is 6.74. The summed E-state index contributed by atoms with van der Waals surface area (Å²) in [7, 11) is 0. The van der Waals surface area contributed by atoms with E-state index < -0.39 is 10.8 Å². The molecule has 0 aliphatic rings. The Morgan fingerprint density at radius 1 is 1.23 bits per heavy atom. The Labute approximate surface area is 184 Å². The highest BCUT2D eigenvalue weighted by molar-refractivity contribution is 9.10. The lowest BCUT2D eigenvalue weighted by atomic mass is 10.1. The van der Waals surface area contributed by atoms with E-state index in [0.717, 1.165) is 5.56 Å². The summed E-state index contributed by atoms with van der Waals surface area (Å²) in [6.07, 6.45) is 0. The van der Waals surface area contributed by atoms with Gasteiger partial charge in [0.25, 0.3) is 5.91 Å². The van der Waals surface area contributed by atoms with E-state index in [1.54, 1.807) is 25.1 Å². The first-order valence-corrected chi connectivity index (χ1v) is 9.88. The molecule has 13 heteroatoms. The highest BCUT2D eigenvalue weighted by Crippen LogP contribution is 2.27. The number of hydrogen-bond acceptors (Lipinski definition) is 8. The first-order chi connectivity index (χ1) is 14.8. The minimum atomic E-state index is -0.611. The summed E-state index contributed by atoms with van der Waals surface area (Å²) in [5, 5.41) is 23.8. The molecule has 31 heavy (non-hydrogen) atoms. The largest absolute Gasteiger partial charge is 0.404 e. The summed E-state index contributed by atoms with van der Waals surface area (Å²) < 4.78 is 6.52. The second-order valence-corrected chi connectivity index (χ2v) is 7.33. The quantitative estimate of drug-likeness (QED) is 0.274. The first kappa shape index (κ1) is 22.1. The van der Waals surface area contributed by atoms with Crippen LogP contribution in [0.15, 0.2) is 33.3 Å². The summed E-state index contributed by atoms with van der Waals surface area (Å²) in [6, 6.07) is 7.15. The van der Waals surface area contributed by atoms with Crippen molar-refractivity contribution in [3.8, 4) is 0 Å². The molecule has 12 nitrogen and oxygen atoms in total. The third-order valence-electron chi connectivity index (χ3n) is 4.22. The van der Waals surface area contributed by atoms with Gasteiger partial charge in [-0.2, -0.15) is 9.67 Å². The lowest BCUT2D eigenvalue weighted by Gasteiger charge is -2.06. The van der Waals surface area contributed by atoms with E-state index in [9.17, 15) is 19.7 Å². The second-order valence-electron chi connectivity index (χ2n) is 6.53. The fourth-order valence-electron chi connectivity index (χ4n) is 2.64. The number of hydrogen-bond donors (Lipinski definition) is 2. The van der Waals surface area contributed by atoms with Crippen molar-refractivity contribution in [3.63, 3.8) is 0 Å². The molecular formula is C18H18BrN7O5. The fraction of sp³-hybridized carbons (Fsp3) is 0.278. The number of benzene rings is 1. The van der Waals surface area contributed by atoms with Crippen molar-refractivity contribution in [2.45, 2.75) is 20.4 Å². The molecule has 0 aliphatic carbocycles. The van der Waals surface area contributed by atoms with Gasteiger partial charge in [0, 0.05) is 18.7 Å². The Hall–Kier alpha value is -3.61. The number of nitro groups is 1. The predicted molar refractivity (Wildman–Crippen MR) is 111 cm³/mol. The van der Waals surface area contributed by atoms with Crippen molar-refractivity contribution in [1.82, 2.24) is 30.6 Å². The number of halogens is 1. The van der Waals surface area contributed by atoms with E-state index in [1.165, 1.54) is 4.68 Å². The first-order valence-electron chi connectivity index (χ1n) is 9.09. The maximum Gasteiger partial charge on any atom is 0.404 e. The van der Waals surface area contributed by atoms with Gasteiger partial charge < -0.3 is 25.3 Å². The molecule has 0 fully saturated rings. The van der Waals surface area contributed by atoms with Gasteiger partial charge in [0.2, 0.25) is 0 Å². The highest BCUT2D eigenvalue weighted by Gasteiger charge is 2.25. The molecule has 2 heterocycles. The predicted octanol–water partition coefficient (Wildman–Crippen LogP) is 1.76. The number of nitrogens with one attached hydrogen (secondary N) is 2. The molecule has 3 aromatic rings. The Balaban J connectivity index is 1.51. The van der Waals surface area contributed by atoms with Gasteiger partial charge in [-0.05, 0) is 46.8 Å². The van der Waals surface area contributed by atoms with Crippen LogP contribution in [0.25, 0.3) is 0 Å². The van der Waals surface area contributed by atoms with Crippen molar-refractivity contribution in [3.05, 3.63) is 67.4 Å². The fourth-order valence-corrected chi connectivity index (χ4v) is 3.07. The molecule has 0 radical (unpaired) electrons. The molecule has 162 valence electrons. The van der Waals surface area contributed by atoms with Gasteiger partial charge in [0.15, 0.2) is 5.82 Å². The molecule has 2 amide bonds. The van der Waals surface area contributed by atoms with E-state index in [0.29, 0.717) is 11.3 Å². The summed E-state index contributed by atoms with van der Waals surface area (Å²) in [6.45, 7) is 3.89. The number of rotatable bonds is 8. The Morgan fingerprint density at radius 2 is 1.94 bits per heavy atom. The normalized spacial score (nSPS) is 10.7. The maximum absolute atomic E-state index is 12.1. The van der Waals surface area contributed by atoms with Crippen LogP contribution in [0, 0.1) is 24.0 Å². The van der Waals surface area contributed by atoms with Crippen molar-refractivity contribution in [2.75, 3.05) is 13.1 Å². The van der Waals surface area contributed by atoms with Gasteiger partial charge in [0.1, 0.15) is 11.0 Å². The number of aryl methyl sites for hydroxylation is 1. The molecule has 3 rings (SSSR count). The number of amides is 2. The maximum atomic E-state index is 12.1. The van der Waals surface area contributed by atoms with Crippen LogP contribution in [0.1, 0.15) is 38.1 Å². The molecule has 0 atom stereocenters. The average Bonchev–Trinajstić information content (AvgIpc) is 3.31. The zero-order valence-corrected chi connectivity index (χ0v) is 18.2. The molecule has 0 spiro atoms. The summed E-state index contributed by atoms with van der Waals surface area (Å²) >= 11 is 3.12. The minimum Gasteiger partial charge on any atom is -0.358 e. The zero-order valence-electron chi connectivity index (χ0n) is 16.6. The van der Waals surface area contributed by atoms with E-state index in [2.05, 4.69) is 41.8 Å². The van der Waals surface area contributed by atoms with Crippen molar-refractivity contribution in [2.24, 2.45) is 0 Å². The summed E-state index contributed by atoms with van der Waals surface area (Å²) in [4.78, 5) is 38.5. The van der Waals surface area contributed by atoms with Crippen LogP contribution in [0.5, 0.6) is 0 Å². The molecule has 1 aromatic carbocycles. The van der Waals surface area contributed by atoms with Crippen molar-refractivity contribution >= 4 is 33.6 Å². The SMILES string of the molecule is Cc1cccc(C(=O)NCCNC(=O)c2nc(Cn3nc([N+](=O)[O-])c(Br)c3C)no2)c1. The monoisotopic (exact) mass is 491 g/mol. The molecule has 0 aliphatic heterocycles. The van der Waals surface area contributed by atoms with Gasteiger partial charge >= 0.3 is 17.6 Å². The van der Waals surface area contributed by atoms with Gasteiger partial charge in [-0.3, -0.25) is 9.59 Å². The van der Waals surface area contributed by atoms with E-state index in [-0.39, 0.29) is 47.5 Å². The average molecular weight is 492 g/mol. The molecule has 0 unspecified atom stereocenters. The van der Waals surface area contributed by atoms with Gasteiger partial charge in [-0.1, -0.05) is 22.9 Å². The van der Waals surface area contributed by atoms with Gasteiger partial charge in [0.05, 0.1) is 10.8 Å². The lowest BCUT2D eigenvalue weighted by molar-refractivity contribution is -0.390. The number of carbonyl (C=O) groups is 2. The van der Waals surface area contributed by atoms with Crippen LogP contribution >= 0.6 is 15.9 Å². The van der Waals surface area contributed by atoms with Crippen LogP contribution in [0.3, 0.4) is 0 Å². The zero-order chi connectivity index (χ0) is 22.5. The van der Waals surface area contributed by atoms with Crippen LogP contribution in [0.2, 0.25) is 0 Å². The molecular weight excluding hydrogens is 474 g/mol. The number of carbonyl (C=O) groups excluding carboxylic acids is 2. The van der Waals surface area contributed by atoms with Crippen molar-refractivity contribution < 1.29 is 19.0 Å². The van der Waals surface area contributed by atoms with E-state index >= 15 is 0 Å². The Morgan fingerprint density at radius 3 is 2.58 bits per heavy atom. The number of aromatic nitrogens is 4. The van der Waals surface area contributed by atoms with E-state index in [1.807, 2.05) is 13.0 Å². The smallest absolute Gasteiger partial charge is 0.358 e. The third-order valence-corrected chi connectivity index (χ3v) is 5.15. The minimum absolute atomic E-state index is 0.0123.